The number of carbonyl (C=O) groups excluding carboxylic acids is 2. The summed E-state index contributed by atoms with van der Waals surface area (Å²) < 4.78 is 5.50. The van der Waals surface area contributed by atoms with Crippen LogP contribution in [0.2, 0.25) is 0 Å². The smallest absolute Gasteiger partial charge is 0.305 e. The van der Waals surface area contributed by atoms with Gasteiger partial charge < -0.3 is 20.3 Å². The minimum Gasteiger partial charge on any atom is -0.466 e. The molecule has 0 heterocycles. The van der Waals surface area contributed by atoms with Crippen LogP contribution in [-0.4, -0.2) is 47.4 Å². The Hall–Kier alpha value is -1.92. The summed E-state index contributed by atoms with van der Waals surface area (Å²) in [6.45, 7) is 4.95. The van der Waals surface area contributed by atoms with Crippen molar-refractivity contribution in [2.75, 3.05) is 13.2 Å². The summed E-state index contributed by atoms with van der Waals surface area (Å²) in [6, 6.07) is -0.549. The predicted molar refractivity (Wildman–Crippen MR) is 333 cm³/mol. The first-order chi connectivity index (χ1) is 37.5. The third-order valence-corrected chi connectivity index (χ3v) is 15.9. The first-order valence-corrected chi connectivity index (χ1v) is 34.2. The molecular weight excluding hydrogens is 935 g/mol. The number of aliphatic hydroxyl groups excluding tert-OH is 2. The average Bonchev–Trinajstić information content (AvgIpc) is 3.42. The summed E-state index contributed by atoms with van der Waals surface area (Å²) in [5.74, 6) is -0.0373. The number of hydrogen-bond donors (Lipinski definition) is 3. The molecule has 0 bridgehead atoms. The Labute approximate surface area is 474 Å². The second-order valence-electron chi connectivity index (χ2n) is 23.5. The van der Waals surface area contributed by atoms with E-state index in [0.717, 1.165) is 51.4 Å². The van der Waals surface area contributed by atoms with Gasteiger partial charge >= 0.3 is 5.97 Å². The molecule has 0 aliphatic rings. The molecular formula is C70H133NO5. The van der Waals surface area contributed by atoms with Crippen molar-refractivity contribution in [2.24, 2.45) is 0 Å². The van der Waals surface area contributed by atoms with Gasteiger partial charge in [0.1, 0.15) is 0 Å². The zero-order valence-corrected chi connectivity index (χ0v) is 51.3. The molecule has 6 heteroatoms. The van der Waals surface area contributed by atoms with Crippen LogP contribution < -0.4 is 5.32 Å². The van der Waals surface area contributed by atoms with E-state index >= 15 is 0 Å². The molecule has 2 atom stereocenters. The first-order valence-electron chi connectivity index (χ1n) is 34.2. The van der Waals surface area contributed by atoms with Gasteiger partial charge in [-0.25, -0.2) is 0 Å². The van der Waals surface area contributed by atoms with Crippen LogP contribution in [0, 0.1) is 0 Å². The van der Waals surface area contributed by atoms with Crippen LogP contribution in [0.15, 0.2) is 36.5 Å². The van der Waals surface area contributed by atoms with Crippen molar-refractivity contribution in [1.29, 1.82) is 0 Å². The molecule has 1 amide bonds. The molecule has 0 fully saturated rings. The largest absolute Gasteiger partial charge is 0.466 e. The van der Waals surface area contributed by atoms with E-state index < -0.39 is 12.1 Å². The molecule has 2 unspecified atom stereocenters. The van der Waals surface area contributed by atoms with E-state index in [1.165, 1.54) is 289 Å². The maximum absolute atomic E-state index is 12.5. The molecule has 76 heavy (non-hydrogen) atoms. The van der Waals surface area contributed by atoms with E-state index in [9.17, 15) is 19.8 Å². The Kier molecular flexibility index (Phi) is 63.9. The summed E-state index contributed by atoms with van der Waals surface area (Å²) in [5.41, 5.74) is 0. The normalized spacial score (nSPS) is 12.7. The Morgan fingerprint density at radius 1 is 0.368 bits per heavy atom. The van der Waals surface area contributed by atoms with Crippen LogP contribution >= 0.6 is 0 Å². The van der Waals surface area contributed by atoms with Crippen LogP contribution in [0.3, 0.4) is 0 Å². The molecule has 0 saturated carbocycles. The zero-order chi connectivity index (χ0) is 55.0. The monoisotopic (exact) mass is 1070 g/mol. The number of carbonyl (C=O) groups is 2. The van der Waals surface area contributed by atoms with Gasteiger partial charge in [0.05, 0.1) is 25.4 Å². The van der Waals surface area contributed by atoms with Crippen LogP contribution in [0.4, 0.5) is 0 Å². The molecule has 0 aliphatic carbocycles. The number of esters is 1. The fourth-order valence-electron chi connectivity index (χ4n) is 10.7. The van der Waals surface area contributed by atoms with Crippen molar-refractivity contribution >= 4 is 11.9 Å². The van der Waals surface area contributed by atoms with E-state index in [0.29, 0.717) is 25.9 Å². The van der Waals surface area contributed by atoms with Gasteiger partial charge in [0.25, 0.3) is 0 Å². The quantitative estimate of drug-likeness (QED) is 0.0320. The highest BCUT2D eigenvalue weighted by atomic mass is 16.5. The summed E-state index contributed by atoms with van der Waals surface area (Å²) in [7, 11) is 0. The van der Waals surface area contributed by atoms with Crippen molar-refractivity contribution < 1.29 is 24.5 Å². The van der Waals surface area contributed by atoms with Gasteiger partial charge in [0.2, 0.25) is 5.91 Å². The van der Waals surface area contributed by atoms with Crippen molar-refractivity contribution in [3.05, 3.63) is 36.5 Å². The number of nitrogens with one attached hydrogen (secondary N) is 1. The van der Waals surface area contributed by atoms with Gasteiger partial charge in [-0.2, -0.15) is 0 Å². The van der Waals surface area contributed by atoms with Gasteiger partial charge in [-0.3, -0.25) is 9.59 Å². The molecule has 0 aromatic heterocycles. The van der Waals surface area contributed by atoms with E-state index in [1.54, 1.807) is 0 Å². The number of aliphatic hydroxyl groups is 2. The van der Waals surface area contributed by atoms with Gasteiger partial charge in [-0.15, -0.1) is 0 Å². The lowest BCUT2D eigenvalue weighted by Gasteiger charge is -2.22. The molecule has 0 rings (SSSR count). The van der Waals surface area contributed by atoms with Gasteiger partial charge in [-0.1, -0.05) is 314 Å². The molecule has 0 radical (unpaired) electrons. The number of rotatable bonds is 64. The number of ether oxygens (including phenoxy) is 1. The van der Waals surface area contributed by atoms with E-state index in [1.807, 2.05) is 0 Å². The first kappa shape index (κ1) is 74.1. The topological polar surface area (TPSA) is 95.9 Å². The van der Waals surface area contributed by atoms with E-state index in [4.69, 9.17) is 4.74 Å². The number of unbranched alkanes of at least 4 members (excludes halogenated alkanes) is 47. The molecule has 448 valence electrons. The Morgan fingerprint density at radius 2 is 0.658 bits per heavy atom. The highest BCUT2D eigenvalue weighted by Crippen LogP contribution is 2.18. The lowest BCUT2D eigenvalue weighted by molar-refractivity contribution is -0.143. The van der Waals surface area contributed by atoms with E-state index in [-0.39, 0.29) is 18.5 Å². The minimum absolute atomic E-state index is 0.00312. The maximum atomic E-state index is 12.5. The maximum Gasteiger partial charge on any atom is 0.305 e. The number of amides is 1. The zero-order valence-electron chi connectivity index (χ0n) is 51.3. The Bertz CT molecular complexity index is 1230. The fraction of sp³-hybridized carbons (Fsp3) is 0.886. The molecule has 0 aliphatic heterocycles. The second-order valence-corrected chi connectivity index (χ2v) is 23.5. The minimum atomic E-state index is -0.671. The highest BCUT2D eigenvalue weighted by molar-refractivity contribution is 5.76. The molecule has 0 spiro atoms. The fourth-order valence-corrected chi connectivity index (χ4v) is 10.7. The predicted octanol–water partition coefficient (Wildman–Crippen LogP) is 21.9. The number of hydrogen-bond acceptors (Lipinski definition) is 5. The summed E-state index contributed by atoms with van der Waals surface area (Å²) in [4.78, 5) is 24.6. The van der Waals surface area contributed by atoms with Crippen LogP contribution in [-0.2, 0) is 14.3 Å². The van der Waals surface area contributed by atoms with Gasteiger partial charge in [0.15, 0.2) is 0 Å². The number of allylic oxidation sites excluding steroid dienone is 6. The van der Waals surface area contributed by atoms with Crippen LogP contribution in [0.25, 0.3) is 0 Å². The Morgan fingerprint density at radius 3 is 1.04 bits per heavy atom. The third kappa shape index (κ3) is 61.3. The molecule has 0 aromatic carbocycles. The molecule has 0 saturated heterocycles. The van der Waals surface area contributed by atoms with Gasteiger partial charge in [-0.05, 0) is 83.5 Å². The van der Waals surface area contributed by atoms with Crippen molar-refractivity contribution in [2.45, 2.75) is 386 Å². The van der Waals surface area contributed by atoms with Crippen LogP contribution in [0.5, 0.6) is 0 Å². The summed E-state index contributed by atoms with van der Waals surface area (Å²) in [5, 5.41) is 23.4. The van der Waals surface area contributed by atoms with Crippen molar-refractivity contribution in [3.63, 3.8) is 0 Å². The van der Waals surface area contributed by atoms with Gasteiger partial charge in [0, 0.05) is 12.8 Å². The van der Waals surface area contributed by atoms with Crippen LogP contribution in [0.1, 0.15) is 373 Å². The lowest BCUT2D eigenvalue weighted by Crippen LogP contribution is -2.45. The Balaban J connectivity index is 3.42. The standard InChI is InChI=1S/C70H133NO5/c1-3-5-7-9-11-13-15-17-19-21-23-27-30-34-38-42-46-50-54-58-62-68(73)67(66-72)71-69(74)63-59-55-51-47-43-39-35-31-28-24-25-29-33-37-41-45-49-53-57-61-65-76-70(75)64-60-56-52-48-44-40-36-32-26-22-20-18-16-14-12-10-8-6-4-2/h12,14,18,20,24,28,67-68,72-73H,3-11,13,15-17,19,21-23,25-27,29-66H2,1-2H3,(H,71,74)/b14-12-,20-18-,28-24-. The second kappa shape index (κ2) is 65.6. The molecule has 6 nitrogen and oxygen atoms in total. The molecule has 0 aromatic rings. The average molecular weight is 1070 g/mol. The molecule has 3 N–H and O–H groups in total. The summed E-state index contributed by atoms with van der Waals surface area (Å²) >= 11 is 0. The van der Waals surface area contributed by atoms with Crippen molar-refractivity contribution in [1.82, 2.24) is 5.32 Å². The van der Waals surface area contributed by atoms with E-state index in [2.05, 4.69) is 55.6 Å². The highest BCUT2D eigenvalue weighted by Gasteiger charge is 2.20. The third-order valence-electron chi connectivity index (χ3n) is 15.9. The van der Waals surface area contributed by atoms with Crippen molar-refractivity contribution in [3.8, 4) is 0 Å². The SMILES string of the molecule is CCCCC/C=C\C/C=C\CCCCCCCCCCCC(=O)OCCCCCCCCCCC/C=C\CCCCCCCCCC(=O)NC(CO)C(O)CCCCCCCCCCCCCCCCCCCCCC. The summed E-state index contributed by atoms with van der Waals surface area (Å²) in [6.07, 6.45) is 83.1. The lowest BCUT2D eigenvalue weighted by atomic mass is 10.0.